The van der Waals surface area contributed by atoms with Gasteiger partial charge in [0.25, 0.3) is 10.0 Å². The molecule has 0 aromatic rings. The van der Waals surface area contributed by atoms with Crippen molar-refractivity contribution in [2.24, 2.45) is 0 Å². The molecule has 0 radical (unpaired) electrons. The first kappa shape index (κ1) is 12.7. The molecule has 7 heteroatoms. The van der Waals surface area contributed by atoms with E-state index >= 15 is 0 Å². The second-order valence-corrected chi connectivity index (χ2v) is 4.19. The van der Waals surface area contributed by atoms with Crippen molar-refractivity contribution in [3.63, 3.8) is 0 Å². The highest BCUT2D eigenvalue weighted by molar-refractivity contribution is 7.89. The summed E-state index contributed by atoms with van der Waals surface area (Å²) in [6.45, 7) is 3.05. The fourth-order valence-electron chi connectivity index (χ4n) is 0.646. The SMILES string of the molecule is CCCNCCNS(=O)(=O)C(F)F. The third-order valence-corrected chi connectivity index (χ3v) is 2.34. The van der Waals surface area contributed by atoms with Gasteiger partial charge < -0.3 is 5.32 Å². The molecule has 0 spiro atoms. The van der Waals surface area contributed by atoms with E-state index in [1.165, 1.54) is 0 Å². The highest BCUT2D eigenvalue weighted by Gasteiger charge is 2.22. The molecule has 0 aromatic heterocycles. The lowest BCUT2D eigenvalue weighted by Gasteiger charge is -2.05. The fourth-order valence-corrected chi connectivity index (χ4v) is 1.16. The van der Waals surface area contributed by atoms with Crippen LogP contribution in [0.5, 0.6) is 0 Å². The molecule has 2 N–H and O–H groups in total. The van der Waals surface area contributed by atoms with Crippen LogP contribution in [0.25, 0.3) is 0 Å². The molecule has 0 rings (SSSR count). The molecule has 0 aliphatic rings. The van der Waals surface area contributed by atoms with E-state index in [0.717, 1.165) is 13.0 Å². The normalized spacial score (nSPS) is 12.3. The zero-order valence-corrected chi connectivity index (χ0v) is 8.20. The summed E-state index contributed by atoms with van der Waals surface area (Å²) in [6.07, 6.45) is 0.918. The predicted molar refractivity (Wildman–Crippen MR) is 46.1 cm³/mol. The lowest BCUT2D eigenvalue weighted by molar-refractivity contribution is 0.232. The van der Waals surface area contributed by atoms with Crippen molar-refractivity contribution < 1.29 is 17.2 Å². The van der Waals surface area contributed by atoms with Crippen LogP contribution in [-0.2, 0) is 10.0 Å². The quantitative estimate of drug-likeness (QED) is 0.595. The van der Waals surface area contributed by atoms with Crippen LogP contribution in [0, 0.1) is 0 Å². The van der Waals surface area contributed by atoms with Gasteiger partial charge in [-0.3, -0.25) is 0 Å². The largest absolute Gasteiger partial charge is 0.350 e. The second-order valence-electron chi connectivity index (χ2n) is 2.45. The molecule has 4 nitrogen and oxygen atoms in total. The van der Waals surface area contributed by atoms with Crippen molar-refractivity contribution in [1.82, 2.24) is 10.0 Å². The summed E-state index contributed by atoms with van der Waals surface area (Å²) in [5.74, 6) is -3.35. The van der Waals surface area contributed by atoms with Gasteiger partial charge in [0, 0.05) is 13.1 Å². The van der Waals surface area contributed by atoms with Crippen LogP contribution in [0.4, 0.5) is 8.78 Å². The number of sulfonamides is 1. The van der Waals surface area contributed by atoms with Gasteiger partial charge in [0.1, 0.15) is 0 Å². The van der Waals surface area contributed by atoms with Gasteiger partial charge in [0.2, 0.25) is 0 Å². The van der Waals surface area contributed by atoms with Crippen molar-refractivity contribution in [2.75, 3.05) is 19.6 Å². The summed E-state index contributed by atoms with van der Waals surface area (Å²) in [5, 5.41) is 2.87. The molecule has 0 saturated heterocycles. The molecule has 0 bridgehead atoms. The van der Waals surface area contributed by atoms with Crippen LogP contribution in [0.2, 0.25) is 0 Å². The van der Waals surface area contributed by atoms with Crippen LogP contribution in [-0.4, -0.2) is 33.8 Å². The van der Waals surface area contributed by atoms with E-state index in [1.54, 1.807) is 4.72 Å². The number of hydrogen-bond acceptors (Lipinski definition) is 3. The smallest absolute Gasteiger partial charge is 0.315 e. The minimum atomic E-state index is -4.41. The molecule has 0 aliphatic carbocycles. The zero-order valence-electron chi connectivity index (χ0n) is 7.39. The number of nitrogens with one attached hydrogen (secondary N) is 2. The number of halogens is 2. The van der Waals surface area contributed by atoms with Crippen LogP contribution in [0.3, 0.4) is 0 Å². The summed E-state index contributed by atoms with van der Waals surface area (Å²) < 4.78 is 46.2. The molecule has 13 heavy (non-hydrogen) atoms. The summed E-state index contributed by atoms with van der Waals surface area (Å²) in [5.41, 5.74) is 0. The number of hydrogen-bond donors (Lipinski definition) is 2. The van der Waals surface area contributed by atoms with Crippen LogP contribution >= 0.6 is 0 Å². The third-order valence-electron chi connectivity index (χ3n) is 1.27. The Bertz CT molecular complexity index is 219. The molecule has 80 valence electrons. The lowest BCUT2D eigenvalue weighted by atomic mass is 10.5. The van der Waals surface area contributed by atoms with E-state index in [2.05, 4.69) is 5.32 Å². The average Bonchev–Trinajstić information content (AvgIpc) is 2.03. The molecule has 0 amide bonds. The Morgan fingerprint density at radius 3 is 2.31 bits per heavy atom. The summed E-state index contributed by atoms with van der Waals surface area (Å²) >= 11 is 0. The molecule has 0 unspecified atom stereocenters. The molecule has 0 atom stereocenters. The van der Waals surface area contributed by atoms with Gasteiger partial charge in [-0.25, -0.2) is 13.1 Å². The van der Waals surface area contributed by atoms with E-state index in [9.17, 15) is 17.2 Å². The standard InChI is InChI=1S/C6H14F2N2O2S/c1-2-3-9-4-5-10-13(11,12)6(7)8/h6,9-10H,2-5H2,1H3. The zero-order chi connectivity index (χ0) is 10.3. The predicted octanol–water partition coefficient (Wildman–Crippen LogP) is 0.128. The van der Waals surface area contributed by atoms with Gasteiger partial charge in [-0.1, -0.05) is 6.92 Å². The Kier molecular flexibility index (Phi) is 6.10. The highest BCUT2D eigenvalue weighted by Crippen LogP contribution is 2.00. The van der Waals surface area contributed by atoms with Crippen LogP contribution in [0.15, 0.2) is 0 Å². The van der Waals surface area contributed by atoms with Gasteiger partial charge in [-0.2, -0.15) is 8.78 Å². The molecule has 0 saturated carbocycles. The first-order valence-corrected chi connectivity index (χ1v) is 5.52. The summed E-state index contributed by atoms with van der Waals surface area (Å²) in [6, 6.07) is 0. The van der Waals surface area contributed by atoms with E-state index < -0.39 is 15.8 Å². The molecule has 0 aromatic carbocycles. The van der Waals surface area contributed by atoms with Crippen LogP contribution < -0.4 is 10.0 Å². The van der Waals surface area contributed by atoms with Crippen molar-refractivity contribution >= 4 is 10.0 Å². The van der Waals surface area contributed by atoms with Crippen molar-refractivity contribution in [3.05, 3.63) is 0 Å². The maximum absolute atomic E-state index is 11.7. The first-order chi connectivity index (χ1) is 6.00. The topological polar surface area (TPSA) is 58.2 Å². The van der Waals surface area contributed by atoms with E-state index in [1.807, 2.05) is 6.92 Å². The maximum Gasteiger partial charge on any atom is 0.350 e. The number of rotatable bonds is 7. The van der Waals surface area contributed by atoms with Gasteiger partial charge in [0.05, 0.1) is 0 Å². The monoisotopic (exact) mass is 216 g/mol. The van der Waals surface area contributed by atoms with E-state index in [0.29, 0.717) is 6.54 Å². The maximum atomic E-state index is 11.7. The lowest BCUT2D eigenvalue weighted by Crippen LogP contribution is -2.35. The molecule has 0 heterocycles. The van der Waals surface area contributed by atoms with Crippen molar-refractivity contribution in [2.45, 2.75) is 19.1 Å². The molecular formula is C6H14F2N2O2S. The third kappa shape index (κ3) is 5.89. The van der Waals surface area contributed by atoms with E-state index in [-0.39, 0.29) is 6.54 Å². The average molecular weight is 216 g/mol. The Hall–Kier alpha value is -0.270. The Morgan fingerprint density at radius 2 is 1.85 bits per heavy atom. The first-order valence-electron chi connectivity index (χ1n) is 3.98. The van der Waals surface area contributed by atoms with Gasteiger partial charge in [0.15, 0.2) is 0 Å². The Balaban J connectivity index is 3.53. The summed E-state index contributed by atoms with van der Waals surface area (Å²) in [4.78, 5) is 0. The molecule has 0 aliphatic heterocycles. The Labute approximate surface area is 76.8 Å². The van der Waals surface area contributed by atoms with E-state index in [4.69, 9.17) is 0 Å². The van der Waals surface area contributed by atoms with Crippen molar-refractivity contribution in [3.8, 4) is 0 Å². The van der Waals surface area contributed by atoms with Crippen molar-refractivity contribution in [1.29, 1.82) is 0 Å². The summed E-state index contributed by atoms with van der Waals surface area (Å²) in [7, 11) is -4.41. The van der Waals surface area contributed by atoms with Crippen LogP contribution in [0.1, 0.15) is 13.3 Å². The fraction of sp³-hybridized carbons (Fsp3) is 1.00. The number of alkyl halides is 2. The molecular weight excluding hydrogens is 202 g/mol. The van der Waals surface area contributed by atoms with Gasteiger partial charge >= 0.3 is 5.76 Å². The Morgan fingerprint density at radius 1 is 1.23 bits per heavy atom. The molecule has 0 fully saturated rings. The van der Waals surface area contributed by atoms with Gasteiger partial charge in [-0.05, 0) is 13.0 Å². The minimum Gasteiger partial charge on any atom is -0.315 e. The minimum absolute atomic E-state index is 0.00727. The second kappa shape index (κ2) is 6.22. The van der Waals surface area contributed by atoms with Gasteiger partial charge in [-0.15, -0.1) is 0 Å². The highest BCUT2D eigenvalue weighted by atomic mass is 32.2.